The van der Waals surface area contributed by atoms with Crippen LogP contribution in [0.25, 0.3) is 0 Å². The highest BCUT2D eigenvalue weighted by atomic mass is 35.5. The van der Waals surface area contributed by atoms with E-state index in [0.717, 1.165) is 5.56 Å². The van der Waals surface area contributed by atoms with Crippen LogP contribution in [0.4, 0.5) is 0 Å². The van der Waals surface area contributed by atoms with Crippen molar-refractivity contribution in [1.82, 2.24) is 5.32 Å². The van der Waals surface area contributed by atoms with Gasteiger partial charge in [-0.25, -0.2) is 0 Å². The van der Waals surface area contributed by atoms with E-state index < -0.39 is 12.0 Å². The molecule has 1 aliphatic rings. The fourth-order valence-electron chi connectivity index (χ4n) is 1.48. The van der Waals surface area contributed by atoms with Crippen molar-refractivity contribution in [3.63, 3.8) is 0 Å². The molecule has 5 heteroatoms. The maximum absolute atomic E-state index is 10.8. The van der Waals surface area contributed by atoms with Gasteiger partial charge in [0.2, 0.25) is 0 Å². The Hall–Kier alpha value is -0.710. The number of nitrogens with one attached hydrogen (secondary N) is 1. The normalized spacial score (nSPS) is 25.4. The number of thioether (sulfide) groups is 1. The summed E-state index contributed by atoms with van der Waals surface area (Å²) in [5.41, 5.74) is 0.952. The van der Waals surface area contributed by atoms with E-state index in [0.29, 0.717) is 10.8 Å². The summed E-state index contributed by atoms with van der Waals surface area (Å²) < 4.78 is 0. The van der Waals surface area contributed by atoms with Gasteiger partial charge in [0, 0.05) is 10.8 Å². The highest BCUT2D eigenvalue weighted by Crippen LogP contribution is 2.36. The van der Waals surface area contributed by atoms with Gasteiger partial charge < -0.3 is 5.11 Å². The van der Waals surface area contributed by atoms with Gasteiger partial charge in [-0.05, 0) is 11.6 Å². The first-order valence-electron chi connectivity index (χ1n) is 4.53. The average Bonchev–Trinajstić information content (AvgIpc) is 2.67. The second-order valence-corrected chi connectivity index (χ2v) is 4.84. The van der Waals surface area contributed by atoms with Crippen LogP contribution in [0.15, 0.2) is 24.3 Å². The van der Waals surface area contributed by atoms with E-state index in [1.54, 1.807) is 11.8 Å². The smallest absolute Gasteiger partial charge is 0.321 e. The number of rotatable bonds is 2. The van der Waals surface area contributed by atoms with Crippen molar-refractivity contribution >= 4 is 29.3 Å². The standard InChI is InChI=1S/C10H10ClNO2S/c11-7-4-2-1-3-6(7)9-12-8(5-15-9)10(13)14/h1-4,8-9,12H,5H2,(H,13,14)/t8-,9-/m0/s1. The van der Waals surface area contributed by atoms with Gasteiger partial charge in [0.15, 0.2) is 0 Å². The van der Waals surface area contributed by atoms with Crippen LogP contribution >= 0.6 is 23.4 Å². The molecule has 1 aromatic rings. The van der Waals surface area contributed by atoms with Gasteiger partial charge in [0.1, 0.15) is 6.04 Å². The van der Waals surface area contributed by atoms with Crippen LogP contribution in [0.2, 0.25) is 5.02 Å². The number of aliphatic carboxylic acids is 1. The lowest BCUT2D eigenvalue weighted by atomic mass is 10.2. The molecular formula is C10H10ClNO2S. The second kappa shape index (κ2) is 4.43. The molecule has 2 N–H and O–H groups in total. The van der Waals surface area contributed by atoms with Gasteiger partial charge in [-0.1, -0.05) is 29.8 Å². The largest absolute Gasteiger partial charge is 0.480 e. The van der Waals surface area contributed by atoms with Gasteiger partial charge >= 0.3 is 5.97 Å². The predicted octanol–water partition coefficient (Wildman–Crippen LogP) is 2.13. The molecule has 3 nitrogen and oxygen atoms in total. The molecule has 0 saturated carbocycles. The fourth-order valence-corrected chi connectivity index (χ4v) is 3.06. The minimum absolute atomic E-state index is 0.0141. The molecule has 1 aromatic carbocycles. The Bertz CT molecular complexity index is 385. The molecule has 1 aliphatic heterocycles. The van der Waals surface area contributed by atoms with E-state index in [-0.39, 0.29) is 5.37 Å². The summed E-state index contributed by atoms with van der Waals surface area (Å²) in [5.74, 6) is -0.234. The number of benzene rings is 1. The number of halogens is 1. The van der Waals surface area contributed by atoms with E-state index in [1.165, 1.54) is 0 Å². The molecule has 2 rings (SSSR count). The summed E-state index contributed by atoms with van der Waals surface area (Å²) in [6, 6.07) is 7.01. The van der Waals surface area contributed by atoms with Crippen molar-refractivity contribution in [2.75, 3.05) is 5.75 Å². The van der Waals surface area contributed by atoms with E-state index in [9.17, 15) is 4.79 Å². The van der Waals surface area contributed by atoms with Crippen molar-refractivity contribution < 1.29 is 9.90 Å². The summed E-state index contributed by atoms with van der Waals surface area (Å²) in [6.45, 7) is 0. The van der Waals surface area contributed by atoms with Crippen molar-refractivity contribution in [3.05, 3.63) is 34.9 Å². The Labute approximate surface area is 96.8 Å². The first kappa shape index (κ1) is 10.8. The summed E-state index contributed by atoms with van der Waals surface area (Å²) in [6.07, 6.45) is 0. The van der Waals surface area contributed by atoms with E-state index in [2.05, 4.69) is 5.32 Å². The lowest BCUT2D eigenvalue weighted by Gasteiger charge is -2.12. The number of carboxylic acids is 1. The summed E-state index contributed by atoms with van der Waals surface area (Å²) in [4.78, 5) is 10.8. The van der Waals surface area contributed by atoms with Crippen LogP contribution in [-0.4, -0.2) is 22.9 Å². The quantitative estimate of drug-likeness (QED) is 0.836. The predicted molar refractivity (Wildman–Crippen MR) is 61.2 cm³/mol. The minimum Gasteiger partial charge on any atom is -0.480 e. The molecule has 1 saturated heterocycles. The number of hydrogen-bond donors (Lipinski definition) is 2. The maximum Gasteiger partial charge on any atom is 0.321 e. The van der Waals surface area contributed by atoms with Gasteiger partial charge in [-0.15, -0.1) is 11.8 Å². The lowest BCUT2D eigenvalue weighted by molar-refractivity contribution is -0.138. The van der Waals surface area contributed by atoms with Crippen molar-refractivity contribution in [2.45, 2.75) is 11.4 Å². The van der Waals surface area contributed by atoms with Crippen LogP contribution in [-0.2, 0) is 4.79 Å². The first-order chi connectivity index (χ1) is 7.18. The Morgan fingerprint density at radius 3 is 2.87 bits per heavy atom. The van der Waals surface area contributed by atoms with Crippen LogP contribution in [0.5, 0.6) is 0 Å². The second-order valence-electron chi connectivity index (χ2n) is 3.29. The molecule has 0 aliphatic carbocycles. The van der Waals surface area contributed by atoms with Gasteiger partial charge in [0.25, 0.3) is 0 Å². The van der Waals surface area contributed by atoms with Crippen LogP contribution in [0.1, 0.15) is 10.9 Å². The number of carboxylic acid groups (broad SMARTS) is 1. The van der Waals surface area contributed by atoms with Crippen molar-refractivity contribution in [1.29, 1.82) is 0 Å². The lowest BCUT2D eigenvalue weighted by Crippen LogP contribution is -2.33. The van der Waals surface area contributed by atoms with E-state index in [1.807, 2.05) is 24.3 Å². The fraction of sp³-hybridized carbons (Fsp3) is 0.300. The topological polar surface area (TPSA) is 49.3 Å². The SMILES string of the molecule is O=C(O)[C@@H]1CS[C@@H](c2ccccc2Cl)N1. The Kier molecular flexibility index (Phi) is 3.19. The third-order valence-corrected chi connectivity index (χ3v) is 3.86. The average molecular weight is 244 g/mol. The molecular weight excluding hydrogens is 234 g/mol. The summed E-state index contributed by atoms with van der Waals surface area (Å²) in [5, 5.41) is 12.5. The Morgan fingerprint density at radius 2 is 2.27 bits per heavy atom. The zero-order valence-electron chi connectivity index (χ0n) is 7.81. The van der Waals surface area contributed by atoms with Crippen LogP contribution < -0.4 is 5.32 Å². The molecule has 1 heterocycles. The third-order valence-electron chi connectivity index (χ3n) is 2.27. The van der Waals surface area contributed by atoms with Crippen LogP contribution in [0, 0.1) is 0 Å². The monoisotopic (exact) mass is 243 g/mol. The zero-order valence-corrected chi connectivity index (χ0v) is 9.39. The molecule has 0 unspecified atom stereocenters. The van der Waals surface area contributed by atoms with E-state index >= 15 is 0 Å². The van der Waals surface area contributed by atoms with E-state index in [4.69, 9.17) is 16.7 Å². The molecule has 0 bridgehead atoms. The third kappa shape index (κ3) is 2.27. The van der Waals surface area contributed by atoms with Crippen molar-refractivity contribution in [2.24, 2.45) is 0 Å². The Morgan fingerprint density at radius 1 is 1.53 bits per heavy atom. The van der Waals surface area contributed by atoms with Gasteiger partial charge in [-0.2, -0.15) is 0 Å². The molecule has 0 aromatic heterocycles. The highest BCUT2D eigenvalue weighted by molar-refractivity contribution is 7.99. The zero-order chi connectivity index (χ0) is 10.8. The maximum atomic E-state index is 10.8. The van der Waals surface area contributed by atoms with Crippen LogP contribution in [0.3, 0.4) is 0 Å². The highest BCUT2D eigenvalue weighted by Gasteiger charge is 2.30. The molecule has 0 amide bonds. The number of carbonyl (C=O) groups is 1. The molecule has 15 heavy (non-hydrogen) atoms. The van der Waals surface area contributed by atoms with Gasteiger partial charge in [0.05, 0.1) is 5.37 Å². The van der Waals surface area contributed by atoms with Gasteiger partial charge in [-0.3, -0.25) is 10.1 Å². The molecule has 1 fully saturated rings. The first-order valence-corrected chi connectivity index (χ1v) is 5.96. The molecule has 0 spiro atoms. The summed E-state index contributed by atoms with van der Waals surface area (Å²) >= 11 is 7.60. The minimum atomic E-state index is -0.808. The molecule has 0 radical (unpaired) electrons. The Balaban J connectivity index is 2.14. The summed E-state index contributed by atoms with van der Waals surface area (Å²) in [7, 11) is 0. The molecule has 2 atom stereocenters. The molecule has 80 valence electrons. The van der Waals surface area contributed by atoms with Crippen molar-refractivity contribution in [3.8, 4) is 0 Å². The number of hydrogen-bond acceptors (Lipinski definition) is 3.